The van der Waals surface area contributed by atoms with Crippen molar-refractivity contribution in [2.75, 3.05) is 0 Å². The fourth-order valence-electron chi connectivity index (χ4n) is 7.02. The van der Waals surface area contributed by atoms with E-state index in [4.69, 9.17) is 2.74 Å². The molecule has 9 aromatic rings. The van der Waals surface area contributed by atoms with Crippen molar-refractivity contribution in [1.82, 2.24) is 0 Å². The third kappa shape index (κ3) is 3.78. The van der Waals surface area contributed by atoms with Crippen molar-refractivity contribution in [3.05, 3.63) is 170 Å². The summed E-state index contributed by atoms with van der Waals surface area (Å²) in [5.74, 6) is 0. The van der Waals surface area contributed by atoms with E-state index in [1.54, 1.807) is 0 Å². The molecule has 0 amide bonds. The third-order valence-corrected chi connectivity index (χ3v) is 8.96. The maximum Gasteiger partial charge on any atom is 0.0629 e. The third-order valence-electron chi connectivity index (χ3n) is 8.96. The monoisotopic (exact) mass is 560 g/mol. The Morgan fingerprint density at radius 3 is 1.50 bits per heavy atom. The van der Waals surface area contributed by atoms with E-state index in [0.717, 1.165) is 65.7 Å². The highest BCUT2D eigenvalue weighted by molar-refractivity contribution is 6.25. The van der Waals surface area contributed by atoms with E-state index >= 15 is 0 Å². The Bertz CT molecular complexity index is 2770. The van der Waals surface area contributed by atoms with E-state index in [2.05, 4.69) is 115 Å². The van der Waals surface area contributed by atoms with Gasteiger partial charge in [-0.25, -0.2) is 0 Å². The average molecular weight is 561 g/mol. The molecule has 0 nitrogen and oxygen atoms in total. The molecule has 0 aliphatic rings. The molecule has 0 aliphatic heterocycles. The Kier molecular flexibility index (Phi) is 4.75. The van der Waals surface area contributed by atoms with Gasteiger partial charge in [0.15, 0.2) is 0 Å². The molecule has 0 heterocycles. The maximum absolute atomic E-state index is 9.38. The van der Waals surface area contributed by atoms with Crippen LogP contribution in [-0.4, -0.2) is 0 Å². The molecule has 0 aromatic heterocycles. The van der Waals surface area contributed by atoms with Gasteiger partial charge in [0, 0.05) is 0 Å². The second kappa shape index (κ2) is 9.93. The molecule has 0 spiro atoms. The molecule has 0 aliphatic carbocycles. The van der Waals surface area contributed by atoms with Crippen LogP contribution in [0.2, 0.25) is 0 Å². The van der Waals surface area contributed by atoms with Gasteiger partial charge in [-0.2, -0.15) is 0 Å². The molecule has 204 valence electrons. The molecule has 0 unspecified atom stereocenters. The smallest absolute Gasteiger partial charge is 0.0616 e. The van der Waals surface area contributed by atoms with E-state index in [-0.39, 0.29) is 24.2 Å². The topological polar surface area (TPSA) is 0 Å². The number of rotatable bonds is 3. The van der Waals surface area contributed by atoms with Gasteiger partial charge in [0.2, 0.25) is 0 Å². The van der Waals surface area contributed by atoms with Crippen LogP contribution in [0.25, 0.3) is 87.2 Å². The van der Waals surface area contributed by atoms with Crippen molar-refractivity contribution in [2.24, 2.45) is 0 Å². The van der Waals surface area contributed by atoms with E-state index < -0.39 is 0 Å². The van der Waals surface area contributed by atoms with E-state index in [0.29, 0.717) is 10.8 Å². The van der Waals surface area contributed by atoms with E-state index in [9.17, 15) is 2.74 Å². The van der Waals surface area contributed by atoms with Gasteiger partial charge in [-0.1, -0.05) is 164 Å². The fraction of sp³-hybridized carbons (Fsp3) is 0. The van der Waals surface area contributed by atoms with Crippen LogP contribution in [0.1, 0.15) is 5.48 Å². The zero-order valence-electron chi connectivity index (χ0n) is 27.9. The summed E-state index contributed by atoms with van der Waals surface area (Å²) in [6.07, 6.45) is 0. The molecule has 0 bridgehead atoms. The Hall–Kier alpha value is -5.72. The molecule has 0 heteroatoms. The van der Waals surface area contributed by atoms with Crippen LogP contribution in [0.15, 0.2) is 170 Å². The van der Waals surface area contributed by atoms with Crippen molar-refractivity contribution in [3.63, 3.8) is 0 Å². The first-order chi connectivity index (χ1) is 23.5. The van der Waals surface area contributed by atoms with Crippen molar-refractivity contribution in [2.45, 2.75) is 0 Å². The normalized spacial score (nSPS) is 12.9. The SMILES string of the molecule is [2H]c1c([2H])c([2H])c2c(-c3cccc4c(-c5ccc6ccccc6c5)cccc34)c3ccccc3c(-c3cccc4ccccc34)c2c1[2H]. The molecule has 0 saturated heterocycles. The zero-order valence-corrected chi connectivity index (χ0v) is 23.9. The van der Waals surface area contributed by atoms with Crippen LogP contribution < -0.4 is 0 Å². The summed E-state index contributed by atoms with van der Waals surface area (Å²) in [5.41, 5.74) is 5.76. The minimum absolute atomic E-state index is 0.0296. The molecule has 0 N–H and O–H groups in total. The predicted molar refractivity (Wildman–Crippen MR) is 190 cm³/mol. The lowest BCUT2D eigenvalue weighted by Gasteiger charge is -2.20. The van der Waals surface area contributed by atoms with Gasteiger partial charge in [-0.05, 0) is 93.3 Å². The van der Waals surface area contributed by atoms with Crippen LogP contribution in [0.4, 0.5) is 0 Å². The van der Waals surface area contributed by atoms with Gasteiger partial charge >= 0.3 is 0 Å². The molecule has 9 rings (SSSR count). The first-order valence-electron chi connectivity index (χ1n) is 17.0. The molecule has 0 fully saturated rings. The van der Waals surface area contributed by atoms with Crippen molar-refractivity contribution < 1.29 is 5.48 Å². The summed E-state index contributed by atoms with van der Waals surface area (Å²) in [6, 6.07) is 49.7. The largest absolute Gasteiger partial charge is 0.0629 e. The predicted octanol–water partition coefficient (Wildman–Crippen LogP) is 12.5. The van der Waals surface area contributed by atoms with Gasteiger partial charge < -0.3 is 0 Å². The molecular formula is C44H28. The maximum atomic E-state index is 9.38. The van der Waals surface area contributed by atoms with Crippen LogP contribution in [0.3, 0.4) is 0 Å². The molecular weight excluding hydrogens is 528 g/mol. The second-order valence-corrected chi connectivity index (χ2v) is 11.3. The van der Waals surface area contributed by atoms with Crippen LogP contribution in [0.5, 0.6) is 0 Å². The average Bonchev–Trinajstić information content (AvgIpc) is 3.14. The lowest BCUT2D eigenvalue weighted by atomic mass is 9.83. The first kappa shape index (κ1) is 21.0. The minimum atomic E-state index is -0.231. The van der Waals surface area contributed by atoms with Gasteiger partial charge in [0.1, 0.15) is 0 Å². The van der Waals surface area contributed by atoms with Crippen molar-refractivity contribution in [3.8, 4) is 33.4 Å². The molecule has 0 saturated carbocycles. The summed E-state index contributed by atoms with van der Waals surface area (Å²) in [4.78, 5) is 0. The van der Waals surface area contributed by atoms with Gasteiger partial charge in [-0.3, -0.25) is 0 Å². The number of benzene rings is 9. The first-order valence-corrected chi connectivity index (χ1v) is 15.0. The zero-order chi connectivity index (χ0) is 32.5. The molecule has 0 atom stereocenters. The van der Waals surface area contributed by atoms with E-state index in [1.165, 1.54) is 10.8 Å². The summed E-state index contributed by atoms with van der Waals surface area (Å²) in [5, 5.41) is 9.57. The Morgan fingerprint density at radius 2 is 0.795 bits per heavy atom. The highest BCUT2D eigenvalue weighted by Crippen LogP contribution is 2.47. The molecule has 44 heavy (non-hydrogen) atoms. The number of hydrogen-bond acceptors (Lipinski definition) is 0. The standard InChI is InChI=1S/C44H28/c1-2-14-31-28-32(27-26-29(31)12-1)34-21-10-23-36-35(34)22-11-25-38(36)44-41-19-7-5-17-39(41)43(40-18-6-8-20-42(40)44)37-24-9-15-30-13-3-4-16-33(30)37/h1-28H/i5D,7D,17D,19D. The Morgan fingerprint density at radius 1 is 0.318 bits per heavy atom. The molecule has 0 radical (unpaired) electrons. The summed E-state index contributed by atoms with van der Waals surface area (Å²) >= 11 is 0. The number of hydrogen-bond donors (Lipinski definition) is 0. The summed E-state index contributed by atoms with van der Waals surface area (Å²) in [6.45, 7) is 0. The lowest BCUT2D eigenvalue weighted by Crippen LogP contribution is -1.92. The van der Waals surface area contributed by atoms with Crippen molar-refractivity contribution in [1.29, 1.82) is 0 Å². The van der Waals surface area contributed by atoms with Crippen LogP contribution in [-0.2, 0) is 0 Å². The second-order valence-electron chi connectivity index (χ2n) is 11.3. The van der Waals surface area contributed by atoms with Gasteiger partial charge in [-0.15, -0.1) is 0 Å². The fourth-order valence-corrected chi connectivity index (χ4v) is 7.02. The van der Waals surface area contributed by atoms with Gasteiger partial charge in [0.05, 0.1) is 5.48 Å². The van der Waals surface area contributed by atoms with Crippen LogP contribution in [0, 0.1) is 0 Å². The quantitative estimate of drug-likeness (QED) is 0.189. The summed E-state index contributed by atoms with van der Waals surface area (Å²) < 4.78 is 36.3. The van der Waals surface area contributed by atoms with Crippen molar-refractivity contribution >= 4 is 53.9 Å². The molecule has 9 aromatic carbocycles. The van der Waals surface area contributed by atoms with E-state index in [1.807, 2.05) is 30.3 Å². The Labute approximate surface area is 262 Å². The lowest BCUT2D eigenvalue weighted by molar-refractivity contribution is 1.66. The van der Waals surface area contributed by atoms with Crippen LogP contribution >= 0.6 is 0 Å². The Balaban J connectivity index is 1.44. The minimum Gasteiger partial charge on any atom is -0.0616 e. The number of fused-ring (bicyclic) bond motifs is 5. The summed E-state index contributed by atoms with van der Waals surface area (Å²) in [7, 11) is 0. The highest BCUT2D eigenvalue weighted by Gasteiger charge is 2.19. The highest BCUT2D eigenvalue weighted by atomic mass is 14.2. The van der Waals surface area contributed by atoms with Gasteiger partial charge in [0.25, 0.3) is 0 Å².